The molecule has 1 aliphatic rings. The van der Waals surface area contributed by atoms with E-state index >= 15 is 0 Å². The maximum atomic E-state index is 10.1. The second kappa shape index (κ2) is 4.55. The molecule has 2 heteroatoms. The minimum absolute atomic E-state index is 0.162. The average molecular weight is 210 g/mol. The summed E-state index contributed by atoms with van der Waals surface area (Å²) < 4.78 is 0. The molecule has 1 saturated carbocycles. The van der Waals surface area contributed by atoms with Crippen molar-refractivity contribution in [2.45, 2.75) is 52.1 Å². The summed E-state index contributed by atoms with van der Waals surface area (Å²) in [5.41, 5.74) is -0.518. The lowest BCUT2D eigenvalue weighted by Crippen LogP contribution is -2.36. The molecule has 0 amide bonds. The van der Waals surface area contributed by atoms with Crippen LogP contribution in [0.3, 0.4) is 0 Å². The van der Waals surface area contributed by atoms with Crippen molar-refractivity contribution in [2.24, 2.45) is 11.3 Å². The lowest BCUT2D eigenvalue weighted by molar-refractivity contribution is 0.0211. The summed E-state index contributed by atoms with van der Waals surface area (Å²) in [6.07, 6.45) is 3.53. The molecule has 0 aromatic carbocycles. The smallest absolute Gasteiger partial charge is 0.125 e. The molecule has 0 bridgehead atoms. The quantitative estimate of drug-likeness (QED) is 0.600. The van der Waals surface area contributed by atoms with Gasteiger partial charge in [0.1, 0.15) is 12.2 Å². The number of hydrogen-bond acceptors (Lipinski definition) is 2. The van der Waals surface area contributed by atoms with Gasteiger partial charge < -0.3 is 10.2 Å². The van der Waals surface area contributed by atoms with Crippen LogP contribution >= 0.6 is 0 Å². The highest BCUT2D eigenvalue weighted by molar-refractivity contribution is 5.15. The first-order valence-electron chi connectivity index (χ1n) is 5.71. The predicted octanol–water partition coefficient (Wildman–Crippen LogP) is 1.95. The molecule has 1 aliphatic carbocycles. The van der Waals surface area contributed by atoms with Gasteiger partial charge in [-0.25, -0.2) is 0 Å². The van der Waals surface area contributed by atoms with Crippen molar-refractivity contribution in [1.82, 2.24) is 0 Å². The summed E-state index contributed by atoms with van der Waals surface area (Å²) in [5, 5.41) is 18.7. The van der Waals surface area contributed by atoms with Gasteiger partial charge in [0, 0.05) is 0 Å². The van der Waals surface area contributed by atoms with Crippen LogP contribution in [-0.4, -0.2) is 22.4 Å². The average Bonchev–Trinajstić information content (AvgIpc) is 2.14. The molecule has 86 valence electrons. The first-order valence-corrected chi connectivity index (χ1v) is 5.71. The van der Waals surface area contributed by atoms with Gasteiger partial charge in [0.05, 0.1) is 0 Å². The maximum absolute atomic E-state index is 10.1. The summed E-state index contributed by atoms with van der Waals surface area (Å²) >= 11 is 0. The van der Waals surface area contributed by atoms with E-state index in [0.29, 0.717) is 11.3 Å². The molecular weight excluding hydrogens is 188 g/mol. The van der Waals surface area contributed by atoms with Crippen molar-refractivity contribution in [3.05, 3.63) is 0 Å². The van der Waals surface area contributed by atoms with Crippen molar-refractivity contribution in [3.8, 4) is 11.8 Å². The second-order valence-electron chi connectivity index (χ2n) is 5.63. The minimum atomic E-state index is -0.843. The SMILES string of the molecule is CC(C)(C)C1CCC(O)(C#CCO)CC1. The Balaban J connectivity index is 2.55. The molecule has 15 heavy (non-hydrogen) atoms. The Labute approximate surface area is 92.7 Å². The Bertz CT molecular complexity index is 256. The Kier molecular flexibility index (Phi) is 3.81. The van der Waals surface area contributed by atoms with E-state index in [1.165, 1.54) is 0 Å². The second-order valence-corrected chi connectivity index (χ2v) is 5.63. The molecule has 2 N–H and O–H groups in total. The van der Waals surface area contributed by atoms with Gasteiger partial charge in [0.2, 0.25) is 0 Å². The third-order valence-electron chi connectivity index (χ3n) is 3.44. The molecule has 0 unspecified atom stereocenters. The van der Waals surface area contributed by atoms with Crippen molar-refractivity contribution in [2.75, 3.05) is 6.61 Å². The highest BCUT2D eigenvalue weighted by atomic mass is 16.3. The first-order chi connectivity index (χ1) is 6.87. The largest absolute Gasteiger partial charge is 0.384 e. The van der Waals surface area contributed by atoms with Gasteiger partial charge in [-0.2, -0.15) is 0 Å². The van der Waals surface area contributed by atoms with Crippen LogP contribution in [0.5, 0.6) is 0 Å². The molecule has 0 radical (unpaired) electrons. The van der Waals surface area contributed by atoms with Gasteiger partial charge in [0.15, 0.2) is 0 Å². The first kappa shape index (κ1) is 12.5. The molecule has 0 atom stereocenters. The molecule has 2 nitrogen and oxygen atoms in total. The van der Waals surface area contributed by atoms with E-state index < -0.39 is 5.60 Å². The van der Waals surface area contributed by atoms with Crippen molar-refractivity contribution in [3.63, 3.8) is 0 Å². The number of aliphatic hydroxyl groups excluding tert-OH is 1. The van der Waals surface area contributed by atoms with Crippen LogP contribution in [0.25, 0.3) is 0 Å². The maximum Gasteiger partial charge on any atom is 0.125 e. The molecule has 0 spiro atoms. The summed E-state index contributed by atoms with van der Waals surface area (Å²) in [4.78, 5) is 0. The standard InChI is InChI=1S/C13H22O2/c1-12(2,3)11-5-8-13(15,9-6-11)7-4-10-14/h11,14-15H,5-6,8-10H2,1-3H3. The molecule has 0 aromatic rings. The minimum Gasteiger partial charge on any atom is -0.384 e. The summed E-state index contributed by atoms with van der Waals surface area (Å²) in [6.45, 7) is 6.59. The van der Waals surface area contributed by atoms with Gasteiger partial charge in [-0.15, -0.1) is 0 Å². The number of hydrogen-bond donors (Lipinski definition) is 2. The monoisotopic (exact) mass is 210 g/mol. The normalized spacial score (nSPS) is 31.9. The van der Waals surface area contributed by atoms with Gasteiger partial charge in [-0.05, 0) is 37.0 Å². The molecular formula is C13H22O2. The van der Waals surface area contributed by atoms with E-state index in [0.717, 1.165) is 25.7 Å². The topological polar surface area (TPSA) is 40.5 Å². The number of aliphatic hydroxyl groups is 2. The van der Waals surface area contributed by atoms with Crippen molar-refractivity contribution in [1.29, 1.82) is 0 Å². The fourth-order valence-electron chi connectivity index (χ4n) is 2.29. The van der Waals surface area contributed by atoms with Crippen LogP contribution in [0.1, 0.15) is 46.5 Å². The number of rotatable bonds is 0. The zero-order chi connectivity index (χ0) is 11.5. The van der Waals surface area contributed by atoms with E-state index in [-0.39, 0.29) is 6.61 Å². The molecule has 1 fully saturated rings. The van der Waals surface area contributed by atoms with Crippen LogP contribution in [0, 0.1) is 23.2 Å². The van der Waals surface area contributed by atoms with Gasteiger partial charge in [0.25, 0.3) is 0 Å². The van der Waals surface area contributed by atoms with Crippen LogP contribution in [-0.2, 0) is 0 Å². The summed E-state index contributed by atoms with van der Waals surface area (Å²) in [7, 11) is 0. The fraction of sp³-hybridized carbons (Fsp3) is 0.846. The molecule has 0 aromatic heterocycles. The summed E-state index contributed by atoms with van der Waals surface area (Å²) in [6, 6.07) is 0. The van der Waals surface area contributed by atoms with E-state index in [1.54, 1.807) is 0 Å². The van der Waals surface area contributed by atoms with E-state index in [9.17, 15) is 5.11 Å². The molecule has 0 aliphatic heterocycles. The Morgan fingerprint density at radius 3 is 2.20 bits per heavy atom. The van der Waals surface area contributed by atoms with Crippen molar-refractivity contribution >= 4 is 0 Å². The molecule has 0 heterocycles. The van der Waals surface area contributed by atoms with Gasteiger partial charge in [-0.1, -0.05) is 32.6 Å². The lowest BCUT2D eigenvalue weighted by Gasteiger charge is -2.39. The van der Waals surface area contributed by atoms with Gasteiger partial charge >= 0.3 is 0 Å². The van der Waals surface area contributed by atoms with Crippen LogP contribution < -0.4 is 0 Å². The fourth-order valence-corrected chi connectivity index (χ4v) is 2.29. The lowest BCUT2D eigenvalue weighted by atomic mass is 9.68. The Morgan fingerprint density at radius 1 is 1.27 bits per heavy atom. The Morgan fingerprint density at radius 2 is 1.80 bits per heavy atom. The van der Waals surface area contributed by atoms with Crippen LogP contribution in [0.4, 0.5) is 0 Å². The molecule has 0 saturated heterocycles. The van der Waals surface area contributed by atoms with Crippen LogP contribution in [0.15, 0.2) is 0 Å². The van der Waals surface area contributed by atoms with Crippen molar-refractivity contribution < 1.29 is 10.2 Å². The van der Waals surface area contributed by atoms with E-state index in [4.69, 9.17) is 5.11 Å². The van der Waals surface area contributed by atoms with Crippen LogP contribution in [0.2, 0.25) is 0 Å². The third kappa shape index (κ3) is 3.52. The molecule has 1 rings (SSSR count). The summed E-state index contributed by atoms with van der Waals surface area (Å²) in [5.74, 6) is 6.02. The zero-order valence-electron chi connectivity index (χ0n) is 10.0. The highest BCUT2D eigenvalue weighted by Crippen LogP contribution is 2.41. The van der Waals surface area contributed by atoms with Gasteiger partial charge in [-0.3, -0.25) is 0 Å². The van der Waals surface area contributed by atoms with E-state index in [2.05, 4.69) is 32.6 Å². The predicted molar refractivity (Wildman–Crippen MR) is 61.2 cm³/mol. The van der Waals surface area contributed by atoms with E-state index in [1.807, 2.05) is 0 Å². The Hall–Kier alpha value is -0.520. The zero-order valence-corrected chi connectivity index (χ0v) is 10.0. The third-order valence-corrected chi connectivity index (χ3v) is 3.44. The highest BCUT2D eigenvalue weighted by Gasteiger charge is 2.36.